The number of nitrogens with zero attached hydrogens (tertiary/aromatic N) is 1. The summed E-state index contributed by atoms with van der Waals surface area (Å²) in [5.41, 5.74) is 1.73. The van der Waals surface area contributed by atoms with E-state index in [9.17, 15) is 19.2 Å². The van der Waals surface area contributed by atoms with E-state index in [-0.39, 0.29) is 18.4 Å². The van der Waals surface area contributed by atoms with Gasteiger partial charge in [-0.3, -0.25) is 14.4 Å². The standard InChI is InChI=1S/C23H25N3O6S/c1-13(27)25-22-20(14-7-3-6-10-18(14)33-22)23(30)31-12-19(28)26-11-17(21(29)24-2)32-16-9-5-4-8-15(16)26/h4-5,8-9,17H,3,6-7,10-12H2,1-2H3,(H,24,29)(H,25,27). The molecule has 1 atom stereocenters. The van der Waals surface area contributed by atoms with E-state index in [1.807, 2.05) is 0 Å². The molecular formula is C23H25N3O6S. The van der Waals surface area contributed by atoms with Crippen molar-refractivity contribution < 1.29 is 28.7 Å². The summed E-state index contributed by atoms with van der Waals surface area (Å²) in [4.78, 5) is 52.3. The smallest absolute Gasteiger partial charge is 0.341 e. The lowest BCUT2D eigenvalue weighted by atomic mass is 9.95. The van der Waals surface area contributed by atoms with E-state index in [0.717, 1.165) is 36.1 Å². The maximum absolute atomic E-state index is 13.0. The average molecular weight is 472 g/mol. The molecule has 2 aromatic rings. The number of anilines is 2. The van der Waals surface area contributed by atoms with Crippen molar-refractivity contribution in [3.8, 4) is 5.75 Å². The lowest BCUT2D eigenvalue weighted by Crippen LogP contribution is -2.51. The van der Waals surface area contributed by atoms with Crippen LogP contribution >= 0.6 is 11.3 Å². The minimum atomic E-state index is -0.875. The molecule has 0 fully saturated rings. The fourth-order valence-corrected chi connectivity index (χ4v) is 5.40. The van der Waals surface area contributed by atoms with Crippen LogP contribution < -0.4 is 20.3 Å². The Labute approximate surface area is 195 Å². The highest BCUT2D eigenvalue weighted by Crippen LogP contribution is 2.39. The maximum Gasteiger partial charge on any atom is 0.341 e. The summed E-state index contributed by atoms with van der Waals surface area (Å²) < 4.78 is 11.1. The normalized spacial score (nSPS) is 16.7. The molecule has 0 spiro atoms. The van der Waals surface area contributed by atoms with Gasteiger partial charge in [-0.2, -0.15) is 0 Å². The molecule has 1 aromatic heterocycles. The summed E-state index contributed by atoms with van der Waals surface area (Å²) in [5, 5.41) is 5.71. The first-order valence-corrected chi connectivity index (χ1v) is 11.6. The first kappa shape index (κ1) is 22.8. The number of likely N-dealkylation sites (N-methyl/N-ethyl adjacent to an activating group) is 1. The van der Waals surface area contributed by atoms with Crippen LogP contribution in [0.5, 0.6) is 5.75 Å². The van der Waals surface area contributed by atoms with Crippen LogP contribution in [0.4, 0.5) is 10.7 Å². The number of nitrogens with one attached hydrogen (secondary N) is 2. The van der Waals surface area contributed by atoms with Crippen molar-refractivity contribution in [2.24, 2.45) is 0 Å². The van der Waals surface area contributed by atoms with Crippen molar-refractivity contribution in [2.75, 3.05) is 30.4 Å². The molecule has 33 heavy (non-hydrogen) atoms. The number of ether oxygens (including phenoxy) is 2. The number of carbonyl (C=O) groups excluding carboxylic acids is 4. The van der Waals surface area contributed by atoms with E-state index in [1.165, 1.54) is 30.2 Å². The number of fused-ring (bicyclic) bond motifs is 2. The van der Waals surface area contributed by atoms with Crippen LogP contribution in [0, 0.1) is 0 Å². The Morgan fingerprint density at radius 3 is 2.70 bits per heavy atom. The van der Waals surface area contributed by atoms with Crippen LogP contribution in [0.3, 0.4) is 0 Å². The lowest BCUT2D eigenvalue weighted by Gasteiger charge is -2.33. The quantitative estimate of drug-likeness (QED) is 0.647. The molecule has 9 nitrogen and oxygen atoms in total. The SMILES string of the molecule is CNC(=O)C1CN(C(=O)COC(=O)c2c(NC(C)=O)sc3c2CCCC3)c2ccccc2O1. The van der Waals surface area contributed by atoms with Crippen molar-refractivity contribution in [3.05, 3.63) is 40.3 Å². The number of benzene rings is 1. The number of hydrogen-bond donors (Lipinski definition) is 2. The molecule has 0 saturated carbocycles. The third-order valence-electron chi connectivity index (χ3n) is 5.61. The number of carbonyl (C=O) groups is 4. The number of aryl methyl sites for hydroxylation is 1. The molecule has 1 unspecified atom stereocenters. The molecule has 1 aromatic carbocycles. The molecule has 174 valence electrons. The van der Waals surface area contributed by atoms with Crippen LogP contribution in [-0.4, -0.2) is 50.0 Å². The molecule has 0 bridgehead atoms. The van der Waals surface area contributed by atoms with Gasteiger partial charge in [0.25, 0.3) is 11.8 Å². The largest absolute Gasteiger partial charge is 0.477 e. The molecule has 3 amide bonds. The molecule has 10 heteroatoms. The Bertz CT molecular complexity index is 1110. The zero-order valence-electron chi connectivity index (χ0n) is 18.4. The molecule has 0 radical (unpaired) electrons. The molecule has 2 heterocycles. The van der Waals surface area contributed by atoms with Crippen molar-refractivity contribution in [2.45, 2.75) is 38.7 Å². The predicted molar refractivity (Wildman–Crippen MR) is 123 cm³/mol. The first-order chi connectivity index (χ1) is 15.9. The third-order valence-corrected chi connectivity index (χ3v) is 6.81. The van der Waals surface area contributed by atoms with E-state index < -0.39 is 24.6 Å². The van der Waals surface area contributed by atoms with Gasteiger partial charge in [0.2, 0.25) is 5.91 Å². The van der Waals surface area contributed by atoms with Crippen molar-refractivity contribution in [3.63, 3.8) is 0 Å². The van der Waals surface area contributed by atoms with E-state index in [0.29, 0.717) is 22.0 Å². The van der Waals surface area contributed by atoms with Gasteiger partial charge < -0.3 is 25.0 Å². The summed E-state index contributed by atoms with van der Waals surface area (Å²) in [6.45, 7) is 0.881. The lowest BCUT2D eigenvalue weighted by molar-refractivity contribution is -0.128. The summed E-state index contributed by atoms with van der Waals surface area (Å²) in [6, 6.07) is 6.89. The highest BCUT2D eigenvalue weighted by atomic mass is 32.1. The average Bonchev–Trinajstić information content (AvgIpc) is 3.18. The Hall–Kier alpha value is -3.40. The molecule has 4 rings (SSSR count). The second-order valence-electron chi connectivity index (χ2n) is 7.87. The fourth-order valence-electron chi connectivity index (χ4n) is 4.08. The number of hydrogen-bond acceptors (Lipinski definition) is 7. The summed E-state index contributed by atoms with van der Waals surface area (Å²) in [6.07, 6.45) is 2.69. The predicted octanol–water partition coefficient (Wildman–Crippen LogP) is 2.28. The van der Waals surface area contributed by atoms with Gasteiger partial charge in [-0.05, 0) is 43.4 Å². The summed E-state index contributed by atoms with van der Waals surface area (Å²) >= 11 is 1.39. The monoisotopic (exact) mass is 471 g/mol. The number of thiophene rings is 1. The van der Waals surface area contributed by atoms with Gasteiger partial charge in [0.1, 0.15) is 10.8 Å². The zero-order valence-corrected chi connectivity index (χ0v) is 19.3. The van der Waals surface area contributed by atoms with E-state index >= 15 is 0 Å². The highest BCUT2D eigenvalue weighted by molar-refractivity contribution is 7.17. The van der Waals surface area contributed by atoms with Crippen molar-refractivity contribution in [1.29, 1.82) is 0 Å². The molecule has 2 aliphatic rings. The van der Waals surface area contributed by atoms with Gasteiger partial charge in [0.05, 0.1) is 17.8 Å². The number of para-hydroxylation sites is 2. The number of esters is 1. The van der Waals surface area contributed by atoms with Crippen molar-refractivity contribution in [1.82, 2.24) is 5.32 Å². The molecule has 1 aliphatic carbocycles. The summed E-state index contributed by atoms with van der Waals surface area (Å²) in [7, 11) is 1.49. The second kappa shape index (κ2) is 9.62. The molecule has 1 aliphatic heterocycles. The minimum Gasteiger partial charge on any atom is -0.477 e. The Balaban J connectivity index is 1.52. The van der Waals surface area contributed by atoms with Gasteiger partial charge >= 0.3 is 5.97 Å². The summed E-state index contributed by atoms with van der Waals surface area (Å²) in [5.74, 6) is -1.35. The van der Waals surface area contributed by atoms with Crippen LogP contribution in [0.2, 0.25) is 0 Å². The minimum absolute atomic E-state index is 0.00192. The Kier molecular flexibility index (Phi) is 6.64. The molecule has 2 N–H and O–H groups in total. The fraction of sp³-hybridized carbons (Fsp3) is 0.391. The van der Waals surface area contributed by atoms with E-state index in [1.54, 1.807) is 24.3 Å². The molecule has 0 saturated heterocycles. The maximum atomic E-state index is 13.0. The van der Waals surface area contributed by atoms with Gasteiger partial charge in [-0.15, -0.1) is 11.3 Å². The highest BCUT2D eigenvalue weighted by Gasteiger charge is 2.34. The molecular weight excluding hydrogens is 446 g/mol. The van der Waals surface area contributed by atoms with E-state index in [2.05, 4.69) is 10.6 Å². The van der Waals surface area contributed by atoms with Crippen LogP contribution in [0.25, 0.3) is 0 Å². The van der Waals surface area contributed by atoms with E-state index in [4.69, 9.17) is 9.47 Å². The Morgan fingerprint density at radius 2 is 1.94 bits per heavy atom. The topological polar surface area (TPSA) is 114 Å². The van der Waals surface area contributed by atoms with Gasteiger partial charge in [-0.25, -0.2) is 4.79 Å². The van der Waals surface area contributed by atoms with Gasteiger partial charge in [0, 0.05) is 18.8 Å². The van der Waals surface area contributed by atoms with Crippen LogP contribution in [0.15, 0.2) is 24.3 Å². The van der Waals surface area contributed by atoms with Gasteiger partial charge in [0.15, 0.2) is 12.7 Å². The van der Waals surface area contributed by atoms with Gasteiger partial charge in [-0.1, -0.05) is 12.1 Å². The van der Waals surface area contributed by atoms with Crippen molar-refractivity contribution >= 4 is 45.7 Å². The number of rotatable bonds is 5. The number of amides is 3. The first-order valence-electron chi connectivity index (χ1n) is 10.8. The third kappa shape index (κ3) is 4.70. The van der Waals surface area contributed by atoms with Crippen LogP contribution in [-0.2, 0) is 32.0 Å². The second-order valence-corrected chi connectivity index (χ2v) is 8.97. The Morgan fingerprint density at radius 1 is 1.18 bits per heavy atom. The zero-order chi connectivity index (χ0) is 23.5. The van der Waals surface area contributed by atoms with Crippen LogP contribution in [0.1, 0.15) is 40.6 Å².